The van der Waals surface area contributed by atoms with Gasteiger partial charge in [0.15, 0.2) is 0 Å². The first-order chi connectivity index (χ1) is 5.81. The van der Waals surface area contributed by atoms with Crippen LogP contribution in [0, 0.1) is 0 Å². The molecule has 0 saturated heterocycles. The molecule has 0 aliphatic heterocycles. The maximum atomic E-state index is 9.14. The van der Waals surface area contributed by atoms with Crippen molar-refractivity contribution in [1.82, 2.24) is 0 Å². The molecule has 74 valence electrons. The van der Waals surface area contributed by atoms with E-state index in [1.54, 1.807) is 7.11 Å². The molecule has 4 heteroatoms. The highest BCUT2D eigenvalue weighted by atomic mass is 32.1. The first-order valence-electron chi connectivity index (χ1n) is 4.17. The van der Waals surface area contributed by atoms with Crippen molar-refractivity contribution in [2.45, 2.75) is 18.9 Å². The van der Waals surface area contributed by atoms with Gasteiger partial charge in [0, 0.05) is 13.7 Å². The molecule has 0 aliphatic carbocycles. The molecule has 0 aromatic heterocycles. The Morgan fingerprint density at radius 1 is 1.33 bits per heavy atom. The summed E-state index contributed by atoms with van der Waals surface area (Å²) in [6, 6.07) is 0. The average molecular weight is 194 g/mol. The van der Waals surface area contributed by atoms with Crippen LogP contribution < -0.4 is 0 Å². The van der Waals surface area contributed by atoms with Gasteiger partial charge in [0.1, 0.15) is 6.10 Å². The molecule has 0 heterocycles. The van der Waals surface area contributed by atoms with E-state index >= 15 is 0 Å². The van der Waals surface area contributed by atoms with Crippen LogP contribution in [0.1, 0.15) is 12.8 Å². The van der Waals surface area contributed by atoms with Crippen LogP contribution in [0.5, 0.6) is 0 Å². The van der Waals surface area contributed by atoms with Crippen LogP contribution in [0.4, 0.5) is 0 Å². The van der Waals surface area contributed by atoms with Crippen molar-refractivity contribution in [3.8, 4) is 0 Å². The molecule has 1 unspecified atom stereocenters. The molecule has 0 radical (unpaired) electrons. The number of aliphatic hydroxyl groups is 1. The highest BCUT2D eigenvalue weighted by Gasteiger charge is 2.01. The number of unbranched alkanes of at least 4 members (excludes halogenated alkanes) is 1. The van der Waals surface area contributed by atoms with E-state index < -0.39 is 6.10 Å². The van der Waals surface area contributed by atoms with Gasteiger partial charge >= 0.3 is 0 Å². The van der Waals surface area contributed by atoms with Gasteiger partial charge in [-0.3, -0.25) is 0 Å². The third-order valence-corrected chi connectivity index (χ3v) is 1.68. The van der Waals surface area contributed by atoms with Crippen molar-refractivity contribution < 1.29 is 14.6 Å². The van der Waals surface area contributed by atoms with Crippen LogP contribution in [0.3, 0.4) is 0 Å². The maximum absolute atomic E-state index is 9.14. The largest absolute Gasteiger partial charge is 0.388 e. The predicted octanol–water partition coefficient (Wildman–Crippen LogP) is 0.720. The minimum Gasteiger partial charge on any atom is -0.388 e. The maximum Gasteiger partial charge on any atom is 0.101 e. The van der Waals surface area contributed by atoms with Gasteiger partial charge in [-0.2, -0.15) is 12.6 Å². The quantitative estimate of drug-likeness (QED) is 0.442. The molecular formula is C8H18O3S. The Kier molecular flexibility index (Phi) is 9.50. The summed E-state index contributed by atoms with van der Waals surface area (Å²) in [5.74, 6) is 0.893. The van der Waals surface area contributed by atoms with Crippen molar-refractivity contribution in [1.29, 1.82) is 0 Å². The van der Waals surface area contributed by atoms with Gasteiger partial charge in [-0.25, -0.2) is 0 Å². The molecule has 0 bridgehead atoms. The Bertz CT molecular complexity index is 90.4. The van der Waals surface area contributed by atoms with E-state index in [0.717, 1.165) is 18.6 Å². The van der Waals surface area contributed by atoms with Gasteiger partial charge < -0.3 is 14.6 Å². The first kappa shape index (κ1) is 12.2. The molecule has 0 aliphatic rings. The SMILES string of the molecule is COCC(O)COCCCCS. The summed E-state index contributed by atoms with van der Waals surface area (Å²) in [7, 11) is 1.56. The summed E-state index contributed by atoms with van der Waals surface area (Å²) in [6.07, 6.45) is 1.57. The van der Waals surface area contributed by atoms with E-state index in [-0.39, 0.29) is 0 Å². The van der Waals surface area contributed by atoms with Gasteiger partial charge in [0.25, 0.3) is 0 Å². The van der Waals surface area contributed by atoms with Crippen LogP contribution in [0.15, 0.2) is 0 Å². The molecule has 3 nitrogen and oxygen atoms in total. The molecule has 12 heavy (non-hydrogen) atoms. The van der Waals surface area contributed by atoms with Crippen LogP contribution in [-0.4, -0.2) is 43.9 Å². The Hall–Kier alpha value is 0.230. The second kappa shape index (κ2) is 9.32. The second-order valence-electron chi connectivity index (χ2n) is 2.61. The number of aliphatic hydroxyl groups excluding tert-OH is 1. The topological polar surface area (TPSA) is 38.7 Å². The molecule has 0 rings (SSSR count). The molecule has 1 atom stereocenters. The van der Waals surface area contributed by atoms with E-state index in [0.29, 0.717) is 19.8 Å². The van der Waals surface area contributed by atoms with Gasteiger partial charge in [-0.15, -0.1) is 0 Å². The number of hydrogen-bond acceptors (Lipinski definition) is 4. The lowest BCUT2D eigenvalue weighted by molar-refractivity contribution is -0.00654. The number of ether oxygens (including phenoxy) is 2. The Morgan fingerprint density at radius 3 is 2.67 bits per heavy atom. The van der Waals surface area contributed by atoms with Gasteiger partial charge in [0.2, 0.25) is 0 Å². The molecule has 0 aromatic carbocycles. The standard InChI is InChI=1S/C8H18O3S/c1-10-6-8(9)7-11-4-2-3-5-12/h8-9,12H,2-7H2,1H3. The summed E-state index contributed by atoms with van der Waals surface area (Å²) in [5, 5.41) is 9.14. The van der Waals surface area contributed by atoms with E-state index in [2.05, 4.69) is 12.6 Å². The molecule has 1 N–H and O–H groups in total. The Balaban J connectivity index is 2.97. The molecule has 0 spiro atoms. The molecular weight excluding hydrogens is 176 g/mol. The van der Waals surface area contributed by atoms with E-state index in [4.69, 9.17) is 14.6 Å². The fourth-order valence-corrected chi connectivity index (χ4v) is 0.999. The summed E-state index contributed by atoms with van der Waals surface area (Å²) in [5.41, 5.74) is 0. The zero-order chi connectivity index (χ0) is 9.23. The lowest BCUT2D eigenvalue weighted by Crippen LogP contribution is -2.21. The highest BCUT2D eigenvalue weighted by Crippen LogP contribution is 1.93. The van der Waals surface area contributed by atoms with Crippen molar-refractivity contribution in [2.75, 3.05) is 32.7 Å². The van der Waals surface area contributed by atoms with E-state index in [1.165, 1.54) is 0 Å². The molecule has 0 fully saturated rings. The predicted molar refractivity (Wildman–Crippen MR) is 51.8 cm³/mol. The fraction of sp³-hybridized carbons (Fsp3) is 1.00. The normalized spacial score (nSPS) is 13.2. The number of rotatable bonds is 8. The molecule has 0 saturated carbocycles. The zero-order valence-electron chi connectivity index (χ0n) is 7.53. The van der Waals surface area contributed by atoms with Crippen molar-refractivity contribution >= 4 is 12.6 Å². The molecule has 0 amide bonds. The number of thiol groups is 1. The monoisotopic (exact) mass is 194 g/mol. The van der Waals surface area contributed by atoms with Crippen molar-refractivity contribution in [3.05, 3.63) is 0 Å². The van der Waals surface area contributed by atoms with Crippen molar-refractivity contribution in [2.24, 2.45) is 0 Å². The lowest BCUT2D eigenvalue weighted by atomic mass is 10.3. The lowest BCUT2D eigenvalue weighted by Gasteiger charge is -2.09. The van der Waals surface area contributed by atoms with Crippen LogP contribution in [0.2, 0.25) is 0 Å². The smallest absolute Gasteiger partial charge is 0.101 e. The van der Waals surface area contributed by atoms with Crippen LogP contribution in [0.25, 0.3) is 0 Å². The third-order valence-electron chi connectivity index (χ3n) is 1.37. The van der Waals surface area contributed by atoms with Crippen LogP contribution in [-0.2, 0) is 9.47 Å². The molecule has 0 aromatic rings. The van der Waals surface area contributed by atoms with Crippen molar-refractivity contribution in [3.63, 3.8) is 0 Å². The second-order valence-corrected chi connectivity index (χ2v) is 3.06. The summed E-state index contributed by atoms with van der Waals surface area (Å²) in [4.78, 5) is 0. The van der Waals surface area contributed by atoms with E-state index in [1.807, 2.05) is 0 Å². The average Bonchev–Trinajstić information content (AvgIpc) is 2.05. The Morgan fingerprint density at radius 2 is 2.08 bits per heavy atom. The van der Waals surface area contributed by atoms with E-state index in [9.17, 15) is 0 Å². The minimum atomic E-state index is -0.494. The first-order valence-corrected chi connectivity index (χ1v) is 4.80. The minimum absolute atomic E-state index is 0.340. The summed E-state index contributed by atoms with van der Waals surface area (Å²) < 4.78 is 9.93. The highest BCUT2D eigenvalue weighted by molar-refractivity contribution is 7.80. The third kappa shape index (κ3) is 8.33. The summed E-state index contributed by atoms with van der Waals surface area (Å²) >= 11 is 4.07. The fourth-order valence-electron chi connectivity index (χ4n) is 0.776. The zero-order valence-corrected chi connectivity index (χ0v) is 8.43. The summed E-state index contributed by atoms with van der Waals surface area (Å²) in [6.45, 7) is 1.40. The van der Waals surface area contributed by atoms with Crippen LogP contribution >= 0.6 is 12.6 Å². The van der Waals surface area contributed by atoms with Gasteiger partial charge in [-0.05, 0) is 18.6 Å². The number of methoxy groups -OCH3 is 1. The van der Waals surface area contributed by atoms with Gasteiger partial charge in [-0.1, -0.05) is 0 Å². The Labute approximate surface area is 79.5 Å². The number of hydrogen-bond donors (Lipinski definition) is 2. The van der Waals surface area contributed by atoms with Gasteiger partial charge in [0.05, 0.1) is 13.2 Å².